The summed E-state index contributed by atoms with van der Waals surface area (Å²) in [6.45, 7) is 4.01. The minimum Gasteiger partial charge on any atom is -0.497 e. The Bertz CT molecular complexity index is 1030. The summed E-state index contributed by atoms with van der Waals surface area (Å²) in [6.07, 6.45) is 3.28. The molecule has 6 nitrogen and oxygen atoms in total. The molecule has 0 saturated carbocycles. The standard InChI is InChI=1S/C23H26N4O2S/c1-16-7-5-6-8-19(16)15-30-23-26-25-22(27(23)3)17(2)24-21(28)14-11-18-9-12-20(29-4)13-10-18/h5-14,17H,15H2,1-4H3,(H,24,28)/b14-11+/t17-/m1/s1. The number of nitrogens with one attached hydrogen (secondary N) is 1. The topological polar surface area (TPSA) is 69.0 Å². The molecule has 0 unspecified atom stereocenters. The Balaban J connectivity index is 1.58. The molecular weight excluding hydrogens is 396 g/mol. The number of amides is 1. The Morgan fingerprint density at radius 3 is 2.63 bits per heavy atom. The van der Waals surface area contributed by atoms with Crippen LogP contribution in [0, 0.1) is 6.92 Å². The quantitative estimate of drug-likeness (QED) is 0.433. The van der Waals surface area contributed by atoms with Gasteiger partial charge in [-0.15, -0.1) is 10.2 Å². The molecule has 0 aliphatic rings. The molecule has 0 saturated heterocycles. The fourth-order valence-electron chi connectivity index (χ4n) is 2.96. The summed E-state index contributed by atoms with van der Waals surface area (Å²) < 4.78 is 7.07. The van der Waals surface area contributed by atoms with Gasteiger partial charge in [-0.05, 0) is 48.7 Å². The Kier molecular flexibility index (Phi) is 7.30. The van der Waals surface area contributed by atoms with Gasteiger partial charge in [0.2, 0.25) is 5.91 Å². The number of benzene rings is 2. The lowest BCUT2D eigenvalue weighted by molar-refractivity contribution is -0.117. The van der Waals surface area contributed by atoms with Gasteiger partial charge >= 0.3 is 0 Å². The highest BCUT2D eigenvalue weighted by Crippen LogP contribution is 2.24. The summed E-state index contributed by atoms with van der Waals surface area (Å²) in [5.74, 6) is 2.14. The largest absolute Gasteiger partial charge is 0.497 e. The highest BCUT2D eigenvalue weighted by molar-refractivity contribution is 7.98. The van der Waals surface area contributed by atoms with Gasteiger partial charge in [-0.2, -0.15) is 0 Å². The van der Waals surface area contributed by atoms with Crippen LogP contribution in [-0.2, 0) is 17.6 Å². The number of methoxy groups -OCH3 is 1. The fraction of sp³-hybridized carbons (Fsp3) is 0.261. The first-order valence-corrected chi connectivity index (χ1v) is 10.7. The molecule has 1 atom stereocenters. The third-order valence-electron chi connectivity index (χ3n) is 4.78. The first kappa shape index (κ1) is 21.6. The van der Waals surface area contributed by atoms with Gasteiger partial charge in [-0.1, -0.05) is 48.2 Å². The van der Waals surface area contributed by atoms with Crippen LogP contribution in [0.1, 0.15) is 35.5 Å². The van der Waals surface area contributed by atoms with Crippen molar-refractivity contribution in [1.82, 2.24) is 20.1 Å². The number of hydrogen-bond donors (Lipinski definition) is 1. The normalized spacial score (nSPS) is 12.1. The Labute approximate surface area is 181 Å². The van der Waals surface area contributed by atoms with E-state index in [-0.39, 0.29) is 11.9 Å². The zero-order valence-electron chi connectivity index (χ0n) is 17.6. The molecule has 0 aliphatic heterocycles. The molecule has 1 heterocycles. The minimum atomic E-state index is -0.261. The minimum absolute atomic E-state index is 0.185. The van der Waals surface area contributed by atoms with Gasteiger partial charge in [0.15, 0.2) is 11.0 Å². The summed E-state index contributed by atoms with van der Waals surface area (Å²) in [5, 5.41) is 12.3. The third-order valence-corrected chi connectivity index (χ3v) is 5.84. The maximum atomic E-state index is 12.3. The summed E-state index contributed by atoms with van der Waals surface area (Å²) in [4.78, 5) is 12.3. The van der Waals surface area contributed by atoms with Gasteiger partial charge in [0.05, 0.1) is 13.2 Å². The smallest absolute Gasteiger partial charge is 0.244 e. The SMILES string of the molecule is COc1ccc(/C=C/C(=O)N[C@H](C)c2nnc(SCc3ccccc3C)n2C)cc1. The Morgan fingerprint density at radius 1 is 1.20 bits per heavy atom. The number of carbonyl (C=O) groups excluding carboxylic acids is 1. The first-order chi connectivity index (χ1) is 14.5. The Hall–Kier alpha value is -3.06. The van der Waals surface area contributed by atoms with E-state index in [0.29, 0.717) is 5.82 Å². The van der Waals surface area contributed by atoms with E-state index >= 15 is 0 Å². The molecule has 0 spiro atoms. The average Bonchev–Trinajstić information content (AvgIpc) is 3.12. The molecule has 1 amide bonds. The molecule has 0 fully saturated rings. The fourth-order valence-corrected chi connectivity index (χ4v) is 3.95. The van der Waals surface area contributed by atoms with E-state index in [4.69, 9.17) is 4.74 Å². The van der Waals surface area contributed by atoms with Gasteiger partial charge in [0.25, 0.3) is 0 Å². The van der Waals surface area contributed by atoms with Crippen LogP contribution in [0.15, 0.2) is 59.8 Å². The van der Waals surface area contributed by atoms with E-state index in [1.165, 1.54) is 17.2 Å². The number of thioether (sulfide) groups is 1. The number of aryl methyl sites for hydroxylation is 1. The van der Waals surface area contributed by atoms with E-state index in [0.717, 1.165) is 22.2 Å². The van der Waals surface area contributed by atoms with E-state index < -0.39 is 0 Å². The molecule has 2 aromatic carbocycles. The van der Waals surface area contributed by atoms with Crippen LogP contribution in [-0.4, -0.2) is 27.8 Å². The highest BCUT2D eigenvalue weighted by Gasteiger charge is 2.17. The molecule has 3 rings (SSSR count). The van der Waals surface area contributed by atoms with Gasteiger partial charge in [0, 0.05) is 18.9 Å². The van der Waals surface area contributed by atoms with Crippen molar-refractivity contribution in [2.75, 3.05) is 7.11 Å². The predicted octanol–water partition coefficient (Wildman–Crippen LogP) is 4.32. The second-order valence-electron chi connectivity index (χ2n) is 6.95. The summed E-state index contributed by atoms with van der Waals surface area (Å²) >= 11 is 1.63. The van der Waals surface area contributed by atoms with Gasteiger partial charge in [-0.25, -0.2) is 0 Å². The third kappa shape index (κ3) is 5.51. The van der Waals surface area contributed by atoms with Gasteiger partial charge in [0.1, 0.15) is 5.75 Å². The molecule has 7 heteroatoms. The Morgan fingerprint density at radius 2 is 1.93 bits per heavy atom. The van der Waals surface area contributed by atoms with Crippen molar-refractivity contribution in [3.05, 3.63) is 77.1 Å². The van der Waals surface area contributed by atoms with Crippen LogP contribution in [0.25, 0.3) is 6.08 Å². The van der Waals surface area contributed by atoms with Crippen molar-refractivity contribution < 1.29 is 9.53 Å². The molecule has 30 heavy (non-hydrogen) atoms. The maximum absolute atomic E-state index is 12.3. The molecule has 1 aromatic heterocycles. The average molecular weight is 423 g/mol. The number of hydrogen-bond acceptors (Lipinski definition) is 5. The number of rotatable bonds is 8. The lowest BCUT2D eigenvalue weighted by Gasteiger charge is -2.12. The van der Waals surface area contributed by atoms with Gasteiger partial charge < -0.3 is 14.6 Å². The molecule has 0 aliphatic carbocycles. The second kappa shape index (κ2) is 10.1. The molecule has 0 radical (unpaired) electrons. The van der Waals surface area contributed by atoms with Gasteiger partial charge in [-0.3, -0.25) is 4.79 Å². The lowest BCUT2D eigenvalue weighted by atomic mass is 10.1. The lowest BCUT2D eigenvalue weighted by Crippen LogP contribution is -2.26. The van der Waals surface area contributed by atoms with Crippen LogP contribution < -0.4 is 10.1 Å². The number of nitrogens with zero attached hydrogens (tertiary/aromatic N) is 3. The van der Waals surface area contributed by atoms with Crippen LogP contribution in [0.5, 0.6) is 5.75 Å². The van der Waals surface area contributed by atoms with Crippen LogP contribution in [0.4, 0.5) is 0 Å². The van der Waals surface area contributed by atoms with Crippen molar-refractivity contribution in [3.8, 4) is 5.75 Å². The van der Waals surface area contributed by atoms with Crippen LogP contribution in [0.3, 0.4) is 0 Å². The van der Waals surface area contributed by atoms with Crippen LogP contribution in [0.2, 0.25) is 0 Å². The molecule has 3 aromatic rings. The van der Waals surface area contributed by atoms with Crippen molar-refractivity contribution in [2.45, 2.75) is 30.8 Å². The molecular formula is C23H26N4O2S. The van der Waals surface area contributed by atoms with E-state index in [1.807, 2.05) is 54.9 Å². The van der Waals surface area contributed by atoms with E-state index in [1.54, 1.807) is 24.9 Å². The summed E-state index contributed by atoms with van der Waals surface area (Å²) in [5.41, 5.74) is 3.46. The predicted molar refractivity (Wildman–Crippen MR) is 120 cm³/mol. The summed E-state index contributed by atoms with van der Waals surface area (Å²) in [6, 6.07) is 15.6. The van der Waals surface area contributed by atoms with Crippen molar-refractivity contribution in [1.29, 1.82) is 0 Å². The molecule has 156 valence electrons. The number of aromatic nitrogens is 3. The van der Waals surface area contributed by atoms with Crippen molar-refractivity contribution in [3.63, 3.8) is 0 Å². The summed E-state index contributed by atoms with van der Waals surface area (Å²) in [7, 11) is 3.55. The molecule has 1 N–H and O–H groups in total. The maximum Gasteiger partial charge on any atom is 0.244 e. The monoisotopic (exact) mass is 422 g/mol. The van der Waals surface area contributed by atoms with Crippen molar-refractivity contribution in [2.24, 2.45) is 7.05 Å². The number of carbonyl (C=O) groups is 1. The van der Waals surface area contributed by atoms with E-state index in [9.17, 15) is 4.79 Å². The highest BCUT2D eigenvalue weighted by atomic mass is 32.2. The molecule has 0 bridgehead atoms. The zero-order chi connectivity index (χ0) is 21.5. The van der Waals surface area contributed by atoms with Crippen LogP contribution >= 0.6 is 11.8 Å². The zero-order valence-corrected chi connectivity index (χ0v) is 18.4. The number of ether oxygens (including phenoxy) is 1. The van der Waals surface area contributed by atoms with Crippen molar-refractivity contribution >= 4 is 23.7 Å². The van der Waals surface area contributed by atoms with E-state index in [2.05, 4.69) is 34.6 Å². The first-order valence-electron chi connectivity index (χ1n) is 9.67. The second-order valence-corrected chi connectivity index (χ2v) is 7.89.